The number of aromatic nitrogens is 3. The highest BCUT2D eigenvalue weighted by Gasteiger charge is 2.23. The van der Waals surface area contributed by atoms with Crippen molar-refractivity contribution in [2.75, 3.05) is 0 Å². The molecule has 2 aromatic rings. The van der Waals surface area contributed by atoms with Crippen LogP contribution in [0.15, 0.2) is 18.5 Å². The Balaban J connectivity index is 2.43. The van der Waals surface area contributed by atoms with Gasteiger partial charge in [0.15, 0.2) is 0 Å². The van der Waals surface area contributed by atoms with Crippen LogP contribution >= 0.6 is 34.8 Å². The van der Waals surface area contributed by atoms with Gasteiger partial charge in [0, 0.05) is 12.7 Å². The van der Waals surface area contributed by atoms with Gasteiger partial charge in [-0.3, -0.25) is 9.67 Å². The van der Waals surface area contributed by atoms with Gasteiger partial charge in [-0.05, 0) is 12.5 Å². The molecule has 19 heavy (non-hydrogen) atoms. The van der Waals surface area contributed by atoms with Crippen molar-refractivity contribution >= 4 is 34.8 Å². The van der Waals surface area contributed by atoms with Gasteiger partial charge in [-0.2, -0.15) is 5.10 Å². The van der Waals surface area contributed by atoms with Crippen LogP contribution in [-0.4, -0.2) is 19.9 Å². The first kappa shape index (κ1) is 14.6. The van der Waals surface area contributed by atoms with E-state index in [1.165, 1.54) is 18.5 Å². The molecule has 0 saturated heterocycles. The number of hydrogen-bond donors (Lipinski definition) is 1. The number of pyridine rings is 1. The molecule has 1 unspecified atom stereocenters. The topological polar surface area (TPSA) is 50.9 Å². The highest BCUT2D eigenvalue weighted by molar-refractivity contribution is 6.35. The maximum Gasteiger partial charge on any atom is 0.140 e. The lowest BCUT2D eigenvalue weighted by Gasteiger charge is -2.14. The molecule has 2 rings (SSSR count). The quantitative estimate of drug-likeness (QED) is 0.934. The molecule has 2 aromatic heterocycles. The zero-order valence-corrected chi connectivity index (χ0v) is 12.4. The molecule has 0 spiro atoms. The molecule has 0 amide bonds. The van der Waals surface area contributed by atoms with Gasteiger partial charge in [0.05, 0.1) is 32.7 Å². The van der Waals surface area contributed by atoms with Crippen molar-refractivity contribution in [1.82, 2.24) is 14.8 Å². The Labute approximate surface area is 125 Å². The predicted molar refractivity (Wildman–Crippen MR) is 75.8 cm³/mol. The number of nitrogens with zero attached hydrogens (tertiary/aromatic N) is 3. The molecule has 0 saturated carbocycles. The van der Waals surface area contributed by atoms with Crippen molar-refractivity contribution in [3.63, 3.8) is 0 Å². The Hall–Kier alpha value is -0.810. The summed E-state index contributed by atoms with van der Waals surface area (Å²) >= 11 is 17.9. The van der Waals surface area contributed by atoms with Crippen molar-refractivity contribution in [2.24, 2.45) is 0 Å². The number of aliphatic hydroxyl groups is 1. The standard InChI is InChI=1S/C12H12Cl3N3O/c1-2-3-18-11(9(15)6-17-18)12(19)10-8(14)4-7(13)5-16-10/h4-6,12,19H,2-3H2,1H3. The lowest BCUT2D eigenvalue weighted by Crippen LogP contribution is -2.12. The van der Waals surface area contributed by atoms with Crippen LogP contribution < -0.4 is 0 Å². The van der Waals surface area contributed by atoms with Gasteiger partial charge in [0.1, 0.15) is 6.10 Å². The molecule has 102 valence electrons. The average molecular weight is 321 g/mol. The number of aryl methyl sites for hydroxylation is 1. The molecule has 2 heterocycles. The third-order valence-corrected chi connectivity index (χ3v) is 3.42. The van der Waals surface area contributed by atoms with Crippen molar-refractivity contribution in [3.8, 4) is 0 Å². The molecule has 0 bridgehead atoms. The van der Waals surface area contributed by atoms with E-state index in [0.717, 1.165) is 6.42 Å². The van der Waals surface area contributed by atoms with E-state index in [2.05, 4.69) is 10.1 Å². The summed E-state index contributed by atoms with van der Waals surface area (Å²) in [5, 5.41) is 15.6. The van der Waals surface area contributed by atoms with Gasteiger partial charge in [-0.15, -0.1) is 0 Å². The molecule has 0 aliphatic rings. The molecule has 0 radical (unpaired) electrons. The SMILES string of the molecule is CCCn1ncc(Cl)c1C(O)c1ncc(Cl)cc1Cl. The molecule has 0 aliphatic carbocycles. The summed E-state index contributed by atoms with van der Waals surface area (Å²) in [4.78, 5) is 4.06. The van der Waals surface area contributed by atoms with Gasteiger partial charge in [-0.25, -0.2) is 0 Å². The van der Waals surface area contributed by atoms with E-state index < -0.39 is 6.10 Å². The third-order valence-electron chi connectivity index (χ3n) is 2.62. The summed E-state index contributed by atoms with van der Waals surface area (Å²) in [7, 11) is 0. The highest BCUT2D eigenvalue weighted by atomic mass is 35.5. The number of rotatable bonds is 4. The monoisotopic (exact) mass is 319 g/mol. The third kappa shape index (κ3) is 3.03. The lowest BCUT2D eigenvalue weighted by atomic mass is 10.1. The van der Waals surface area contributed by atoms with E-state index in [-0.39, 0.29) is 0 Å². The lowest BCUT2D eigenvalue weighted by molar-refractivity contribution is 0.203. The van der Waals surface area contributed by atoms with Crippen LogP contribution in [0.5, 0.6) is 0 Å². The first-order chi connectivity index (χ1) is 9.04. The van der Waals surface area contributed by atoms with Crippen molar-refractivity contribution < 1.29 is 5.11 Å². The molecule has 1 N–H and O–H groups in total. The van der Waals surface area contributed by atoms with Gasteiger partial charge < -0.3 is 5.11 Å². The van der Waals surface area contributed by atoms with Crippen LogP contribution in [-0.2, 0) is 6.54 Å². The van der Waals surface area contributed by atoms with E-state index in [1.54, 1.807) is 4.68 Å². The minimum Gasteiger partial charge on any atom is -0.380 e. The molecular formula is C12H12Cl3N3O. The summed E-state index contributed by atoms with van der Waals surface area (Å²) in [6.07, 6.45) is 2.77. The summed E-state index contributed by atoms with van der Waals surface area (Å²) in [6, 6.07) is 1.53. The maximum absolute atomic E-state index is 10.4. The van der Waals surface area contributed by atoms with Gasteiger partial charge >= 0.3 is 0 Å². The van der Waals surface area contributed by atoms with Crippen LogP contribution in [0.4, 0.5) is 0 Å². The first-order valence-corrected chi connectivity index (χ1v) is 6.88. The fraction of sp³-hybridized carbons (Fsp3) is 0.333. The Morgan fingerprint density at radius 1 is 1.26 bits per heavy atom. The zero-order chi connectivity index (χ0) is 14.0. The molecule has 0 aromatic carbocycles. The summed E-state index contributed by atoms with van der Waals surface area (Å²) in [5.41, 5.74) is 0.797. The van der Waals surface area contributed by atoms with E-state index in [9.17, 15) is 5.11 Å². The van der Waals surface area contributed by atoms with Crippen molar-refractivity contribution in [1.29, 1.82) is 0 Å². The molecule has 7 heteroatoms. The fourth-order valence-corrected chi connectivity index (χ4v) is 2.52. The fourth-order valence-electron chi connectivity index (χ4n) is 1.79. The van der Waals surface area contributed by atoms with E-state index >= 15 is 0 Å². The average Bonchev–Trinajstić information content (AvgIpc) is 2.70. The molecule has 1 atom stereocenters. The number of hydrogen-bond acceptors (Lipinski definition) is 3. The second-order valence-electron chi connectivity index (χ2n) is 4.02. The van der Waals surface area contributed by atoms with E-state index in [1.807, 2.05) is 6.92 Å². The molecule has 0 fully saturated rings. The minimum absolute atomic E-state index is 0.292. The maximum atomic E-state index is 10.4. The number of aliphatic hydroxyl groups excluding tert-OH is 1. The Morgan fingerprint density at radius 2 is 2.00 bits per heavy atom. The van der Waals surface area contributed by atoms with Gasteiger partial charge in [-0.1, -0.05) is 41.7 Å². The predicted octanol–water partition coefficient (Wildman–Crippen LogP) is 3.73. The molecule has 4 nitrogen and oxygen atoms in total. The second-order valence-corrected chi connectivity index (χ2v) is 5.27. The van der Waals surface area contributed by atoms with Crippen LogP contribution in [0, 0.1) is 0 Å². The summed E-state index contributed by atoms with van der Waals surface area (Å²) in [5.74, 6) is 0. The van der Waals surface area contributed by atoms with Crippen LogP contribution in [0.3, 0.4) is 0 Å². The normalized spacial score (nSPS) is 12.7. The summed E-state index contributed by atoms with van der Waals surface area (Å²) < 4.78 is 1.65. The Kier molecular flexibility index (Phi) is 4.68. The van der Waals surface area contributed by atoms with Crippen molar-refractivity contribution in [2.45, 2.75) is 26.0 Å². The van der Waals surface area contributed by atoms with Gasteiger partial charge in [0.25, 0.3) is 0 Å². The second kappa shape index (κ2) is 6.09. The smallest absolute Gasteiger partial charge is 0.140 e. The Morgan fingerprint density at radius 3 is 2.63 bits per heavy atom. The minimum atomic E-state index is -1.04. The highest BCUT2D eigenvalue weighted by Crippen LogP contribution is 2.32. The largest absolute Gasteiger partial charge is 0.380 e. The van der Waals surface area contributed by atoms with Crippen LogP contribution in [0.2, 0.25) is 15.1 Å². The van der Waals surface area contributed by atoms with E-state index in [4.69, 9.17) is 34.8 Å². The van der Waals surface area contributed by atoms with E-state index in [0.29, 0.717) is 33.0 Å². The van der Waals surface area contributed by atoms with Crippen molar-refractivity contribution in [3.05, 3.63) is 44.9 Å². The number of halogens is 3. The zero-order valence-electron chi connectivity index (χ0n) is 10.1. The molecule has 0 aliphatic heterocycles. The summed E-state index contributed by atoms with van der Waals surface area (Å²) in [6.45, 7) is 2.67. The first-order valence-electron chi connectivity index (χ1n) is 5.74. The van der Waals surface area contributed by atoms with Crippen LogP contribution in [0.1, 0.15) is 30.8 Å². The molecular weight excluding hydrogens is 309 g/mol. The van der Waals surface area contributed by atoms with Crippen LogP contribution in [0.25, 0.3) is 0 Å². The Bertz CT molecular complexity index is 586. The van der Waals surface area contributed by atoms with Gasteiger partial charge in [0.2, 0.25) is 0 Å².